The second kappa shape index (κ2) is 3.38. The zero-order valence-electron chi connectivity index (χ0n) is 5.46. The molecule has 12 heavy (non-hydrogen) atoms. The Labute approximate surface area is 83.7 Å². The van der Waals surface area contributed by atoms with Crippen LogP contribution in [0.1, 0.15) is 0 Å². The molecule has 0 bridgehead atoms. The van der Waals surface area contributed by atoms with E-state index < -0.39 is 14.1 Å². The van der Waals surface area contributed by atoms with E-state index in [0.29, 0.717) is 0 Å². The van der Waals surface area contributed by atoms with Gasteiger partial charge in [0.05, 0.1) is 5.02 Å². The van der Waals surface area contributed by atoms with Crippen LogP contribution >= 0.6 is 33.9 Å². The van der Waals surface area contributed by atoms with Gasteiger partial charge in [0.15, 0.2) is 5.03 Å². The minimum absolute atomic E-state index is 0.0265. The third-order valence-electron chi connectivity index (χ3n) is 1.01. The molecule has 0 aliphatic rings. The van der Waals surface area contributed by atoms with Crippen LogP contribution in [0.5, 0.6) is 0 Å². The summed E-state index contributed by atoms with van der Waals surface area (Å²) in [5, 5.41) is -0.439. The van der Waals surface area contributed by atoms with Gasteiger partial charge in [-0.25, -0.2) is 13.4 Å². The summed E-state index contributed by atoms with van der Waals surface area (Å²) in [6, 6.07) is 2.68. The molecule has 0 saturated carbocycles. The van der Waals surface area contributed by atoms with Crippen molar-refractivity contribution in [2.75, 3.05) is 0 Å². The average Bonchev–Trinajstić information content (AvgIpc) is 1.92. The summed E-state index contributed by atoms with van der Waals surface area (Å²) in [5.74, 6) is 0. The highest BCUT2D eigenvalue weighted by Crippen LogP contribution is 2.23. The molecule has 0 aliphatic heterocycles. The van der Waals surface area contributed by atoms with Gasteiger partial charge in [-0.3, -0.25) is 0 Å². The zero-order valence-corrected chi connectivity index (χ0v) is 8.54. The Balaban J connectivity index is 3.43. The molecule has 0 saturated heterocycles. The normalized spacial score (nSPS) is 11.6. The summed E-state index contributed by atoms with van der Waals surface area (Å²) in [6.07, 6.45) is 0. The van der Waals surface area contributed by atoms with E-state index in [1.165, 1.54) is 12.1 Å². The van der Waals surface area contributed by atoms with E-state index in [-0.39, 0.29) is 10.2 Å². The monoisotopic (exact) mass is 245 g/mol. The van der Waals surface area contributed by atoms with Crippen LogP contribution in [0.2, 0.25) is 10.2 Å². The molecule has 0 radical (unpaired) electrons. The number of hydrogen-bond acceptors (Lipinski definition) is 3. The topological polar surface area (TPSA) is 47.0 Å². The first-order valence-electron chi connectivity index (χ1n) is 2.68. The lowest BCUT2D eigenvalue weighted by molar-refractivity contribution is 0.606. The molecule has 1 aromatic heterocycles. The Morgan fingerprint density at radius 1 is 1.25 bits per heavy atom. The number of pyridine rings is 1. The molecular formula is C5H2Cl3NO2S. The Kier molecular flexibility index (Phi) is 2.83. The molecule has 0 N–H and O–H groups in total. The van der Waals surface area contributed by atoms with Gasteiger partial charge in [-0.2, -0.15) is 0 Å². The van der Waals surface area contributed by atoms with Crippen molar-refractivity contribution in [3.63, 3.8) is 0 Å². The quantitative estimate of drug-likeness (QED) is 0.564. The summed E-state index contributed by atoms with van der Waals surface area (Å²) in [5.41, 5.74) is 0. The number of aromatic nitrogens is 1. The summed E-state index contributed by atoms with van der Waals surface area (Å²) < 4.78 is 21.5. The van der Waals surface area contributed by atoms with E-state index in [4.69, 9.17) is 33.9 Å². The first kappa shape index (κ1) is 10.1. The largest absolute Gasteiger partial charge is 0.280 e. The van der Waals surface area contributed by atoms with Crippen LogP contribution in [-0.2, 0) is 9.05 Å². The van der Waals surface area contributed by atoms with Crippen molar-refractivity contribution >= 4 is 42.9 Å². The minimum atomic E-state index is -3.91. The van der Waals surface area contributed by atoms with Crippen LogP contribution < -0.4 is 0 Å². The first-order valence-corrected chi connectivity index (χ1v) is 5.74. The minimum Gasteiger partial charge on any atom is -0.222 e. The third kappa shape index (κ3) is 2.23. The number of rotatable bonds is 1. The number of hydrogen-bond donors (Lipinski definition) is 0. The Morgan fingerprint density at radius 3 is 2.25 bits per heavy atom. The van der Waals surface area contributed by atoms with Gasteiger partial charge in [0, 0.05) is 10.7 Å². The summed E-state index contributed by atoms with van der Waals surface area (Å²) >= 11 is 10.9. The van der Waals surface area contributed by atoms with Gasteiger partial charge in [-0.15, -0.1) is 0 Å². The van der Waals surface area contributed by atoms with Crippen LogP contribution in [0.3, 0.4) is 0 Å². The van der Waals surface area contributed by atoms with Crippen molar-refractivity contribution in [3.8, 4) is 0 Å². The molecule has 7 heteroatoms. The van der Waals surface area contributed by atoms with Crippen molar-refractivity contribution in [2.45, 2.75) is 5.03 Å². The molecule has 0 amide bonds. The molecule has 0 aromatic carbocycles. The smallest absolute Gasteiger partial charge is 0.222 e. The van der Waals surface area contributed by atoms with Gasteiger partial charge >= 0.3 is 0 Å². The second-order valence-corrected chi connectivity index (χ2v) is 5.13. The van der Waals surface area contributed by atoms with Crippen LogP contribution in [0.15, 0.2) is 17.2 Å². The van der Waals surface area contributed by atoms with Gasteiger partial charge in [0.2, 0.25) is 0 Å². The van der Waals surface area contributed by atoms with E-state index >= 15 is 0 Å². The Morgan fingerprint density at radius 2 is 1.83 bits per heavy atom. The van der Waals surface area contributed by atoms with Crippen LogP contribution in [0.4, 0.5) is 0 Å². The van der Waals surface area contributed by atoms with E-state index in [9.17, 15) is 8.42 Å². The van der Waals surface area contributed by atoms with Gasteiger partial charge in [0.1, 0.15) is 5.15 Å². The van der Waals surface area contributed by atoms with E-state index in [0.717, 1.165) is 0 Å². The predicted octanol–water partition coefficient (Wildman–Crippen LogP) is 2.32. The summed E-state index contributed by atoms with van der Waals surface area (Å²) in [4.78, 5) is 3.46. The number of halogens is 3. The Hall–Kier alpha value is -0.0300. The maximum Gasteiger partial charge on any atom is 0.280 e. The highest BCUT2D eigenvalue weighted by molar-refractivity contribution is 8.13. The van der Waals surface area contributed by atoms with Crippen molar-refractivity contribution in [2.24, 2.45) is 0 Å². The molecular weight excluding hydrogens is 244 g/mol. The van der Waals surface area contributed by atoms with Gasteiger partial charge < -0.3 is 0 Å². The molecule has 3 nitrogen and oxygen atoms in total. The van der Waals surface area contributed by atoms with Crippen molar-refractivity contribution in [3.05, 3.63) is 22.3 Å². The van der Waals surface area contributed by atoms with E-state index in [1.807, 2.05) is 0 Å². The fourth-order valence-electron chi connectivity index (χ4n) is 0.572. The molecule has 1 heterocycles. The summed E-state index contributed by atoms with van der Waals surface area (Å²) in [7, 11) is 1.09. The summed E-state index contributed by atoms with van der Waals surface area (Å²) in [6.45, 7) is 0. The Bertz CT molecular complexity index is 403. The molecule has 0 spiro atoms. The highest BCUT2D eigenvalue weighted by Gasteiger charge is 2.16. The van der Waals surface area contributed by atoms with Crippen molar-refractivity contribution in [1.29, 1.82) is 0 Å². The van der Waals surface area contributed by atoms with E-state index in [1.54, 1.807) is 0 Å². The molecule has 0 atom stereocenters. The molecule has 0 fully saturated rings. The maximum atomic E-state index is 10.8. The molecule has 0 aliphatic carbocycles. The highest BCUT2D eigenvalue weighted by atomic mass is 35.7. The van der Waals surface area contributed by atoms with Crippen LogP contribution in [0.25, 0.3) is 0 Å². The molecule has 1 aromatic rings. The molecule has 1 rings (SSSR count). The van der Waals surface area contributed by atoms with Crippen molar-refractivity contribution in [1.82, 2.24) is 4.98 Å². The predicted molar refractivity (Wildman–Crippen MR) is 47.3 cm³/mol. The maximum absolute atomic E-state index is 10.8. The lowest BCUT2D eigenvalue weighted by Crippen LogP contribution is -1.95. The van der Waals surface area contributed by atoms with Crippen molar-refractivity contribution < 1.29 is 8.42 Å². The van der Waals surface area contributed by atoms with Crippen LogP contribution in [-0.4, -0.2) is 13.4 Å². The second-order valence-electron chi connectivity index (χ2n) is 1.86. The standard InChI is InChI=1S/C5H2Cl3NO2S/c6-3-1-2-4(7)9-5(3)12(8,10)11/h1-2H. The molecule has 66 valence electrons. The third-order valence-corrected chi connectivity index (χ3v) is 2.85. The lowest BCUT2D eigenvalue weighted by Gasteiger charge is -1.97. The zero-order chi connectivity index (χ0) is 9.35. The molecule has 0 unspecified atom stereocenters. The lowest BCUT2D eigenvalue weighted by atomic mass is 10.5. The van der Waals surface area contributed by atoms with Gasteiger partial charge in [0.25, 0.3) is 9.05 Å². The fourth-order valence-corrected chi connectivity index (χ4v) is 2.16. The first-order chi connectivity index (χ1) is 5.41. The van der Waals surface area contributed by atoms with Crippen LogP contribution in [0, 0.1) is 0 Å². The number of nitrogens with zero attached hydrogens (tertiary/aromatic N) is 1. The average molecular weight is 247 g/mol. The van der Waals surface area contributed by atoms with Gasteiger partial charge in [-0.05, 0) is 12.1 Å². The van der Waals surface area contributed by atoms with Gasteiger partial charge in [-0.1, -0.05) is 23.2 Å². The fraction of sp³-hybridized carbons (Fsp3) is 0. The SMILES string of the molecule is O=S(=O)(Cl)c1nc(Cl)ccc1Cl. The van der Waals surface area contributed by atoms with E-state index in [2.05, 4.69) is 4.98 Å².